The van der Waals surface area contributed by atoms with E-state index in [0.717, 1.165) is 16.9 Å². The van der Waals surface area contributed by atoms with E-state index in [4.69, 9.17) is 27.9 Å². The van der Waals surface area contributed by atoms with Crippen molar-refractivity contribution < 1.29 is 4.74 Å². The van der Waals surface area contributed by atoms with Gasteiger partial charge in [0, 0.05) is 11.6 Å². The fraction of sp³-hybridized carbons (Fsp3) is 0.462. The molecule has 1 atom stereocenters. The molecule has 1 heterocycles. The predicted octanol–water partition coefficient (Wildman–Crippen LogP) is 4.03. The van der Waals surface area contributed by atoms with Gasteiger partial charge in [0.2, 0.25) is 0 Å². The molecule has 0 bridgehead atoms. The van der Waals surface area contributed by atoms with Crippen LogP contribution in [0.25, 0.3) is 11.0 Å². The van der Waals surface area contributed by atoms with Gasteiger partial charge in [0.1, 0.15) is 5.82 Å². The molecule has 0 N–H and O–H groups in total. The topological polar surface area (TPSA) is 27.1 Å². The summed E-state index contributed by atoms with van der Waals surface area (Å²) in [5, 5.41) is 0.686. The molecule has 0 aliphatic heterocycles. The van der Waals surface area contributed by atoms with Crippen LogP contribution in [0.4, 0.5) is 0 Å². The van der Waals surface area contributed by atoms with Crippen molar-refractivity contribution in [3.05, 3.63) is 29.0 Å². The summed E-state index contributed by atoms with van der Waals surface area (Å²) >= 11 is 11.9. The van der Waals surface area contributed by atoms with Gasteiger partial charge < -0.3 is 9.30 Å². The molecule has 1 aromatic carbocycles. The summed E-state index contributed by atoms with van der Waals surface area (Å²) in [6.07, 6.45) is 0. The third-order valence-electron chi connectivity index (χ3n) is 2.85. The van der Waals surface area contributed by atoms with Gasteiger partial charge >= 0.3 is 0 Å². The van der Waals surface area contributed by atoms with Crippen molar-refractivity contribution in [1.82, 2.24) is 9.55 Å². The molecule has 5 heteroatoms. The first kappa shape index (κ1) is 13.7. The van der Waals surface area contributed by atoms with E-state index in [9.17, 15) is 0 Å². The number of benzene rings is 1. The normalized spacial score (nSPS) is 13.1. The Morgan fingerprint density at radius 1 is 1.44 bits per heavy atom. The molecule has 0 saturated carbocycles. The summed E-state index contributed by atoms with van der Waals surface area (Å²) in [4.78, 5) is 4.51. The minimum Gasteiger partial charge on any atom is -0.380 e. The number of imidazole rings is 1. The van der Waals surface area contributed by atoms with Crippen molar-refractivity contribution in [3.8, 4) is 0 Å². The maximum absolute atomic E-state index is 5.98. The minimum atomic E-state index is 0.199. The van der Waals surface area contributed by atoms with E-state index < -0.39 is 0 Å². The molecule has 18 heavy (non-hydrogen) atoms. The zero-order valence-electron chi connectivity index (χ0n) is 10.5. The van der Waals surface area contributed by atoms with Crippen LogP contribution < -0.4 is 0 Å². The smallest absolute Gasteiger partial charge is 0.125 e. The molecule has 0 aliphatic carbocycles. The second-order valence-electron chi connectivity index (χ2n) is 4.17. The van der Waals surface area contributed by atoms with E-state index in [0.29, 0.717) is 24.1 Å². The Hall–Kier alpha value is -0.770. The molecule has 98 valence electrons. The number of alkyl halides is 1. The summed E-state index contributed by atoms with van der Waals surface area (Å²) in [6.45, 7) is 5.44. The number of ether oxygens (including phenoxy) is 1. The van der Waals surface area contributed by atoms with Gasteiger partial charge in [-0.05, 0) is 32.0 Å². The summed E-state index contributed by atoms with van der Waals surface area (Å²) in [5.74, 6) is 1.23. The average molecular weight is 287 g/mol. The highest BCUT2D eigenvalue weighted by Gasteiger charge is 2.15. The molecule has 0 amide bonds. The van der Waals surface area contributed by atoms with Crippen molar-refractivity contribution in [2.24, 2.45) is 0 Å². The number of hydrogen-bond acceptors (Lipinski definition) is 2. The zero-order chi connectivity index (χ0) is 13.1. The van der Waals surface area contributed by atoms with E-state index in [1.54, 1.807) is 0 Å². The van der Waals surface area contributed by atoms with Gasteiger partial charge in [0.05, 0.1) is 29.6 Å². The van der Waals surface area contributed by atoms with Crippen molar-refractivity contribution in [3.63, 3.8) is 0 Å². The Kier molecular flexibility index (Phi) is 4.49. The van der Waals surface area contributed by atoms with E-state index in [1.165, 1.54) is 0 Å². The average Bonchev–Trinajstić information content (AvgIpc) is 2.73. The second kappa shape index (κ2) is 5.91. The number of fused-ring (bicyclic) bond motifs is 1. The molecule has 0 saturated heterocycles. The van der Waals surface area contributed by atoms with Crippen LogP contribution in [-0.2, 0) is 10.6 Å². The summed E-state index contributed by atoms with van der Waals surface area (Å²) < 4.78 is 7.59. The lowest BCUT2D eigenvalue weighted by molar-refractivity contribution is 0.119. The van der Waals surface area contributed by atoms with Crippen LogP contribution in [0.1, 0.15) is 25.7 Å². The lowest BCUT2D eigenvalue weighted by atomic mass is 10.3. The standard InChI is InChI=1S/C13H16Cl2N2O/c1-3-18-8-9(2)17-12-5-4-10(15)6-11(12)16-13(17)7-14/h4-6,9H,3,7-8H2,1-2H3. The maximum Gasteiger partial charge on any atom is 0.125 e. The third-order valence-corrected chi connectivity index (χ3v) is 3.32. The quantitative estimate of drug-likeness (QED) is 0.776. The molecule has 0 fully saturated rings. The van der Waals surface area contributed by atoms with E-state index >= 15 is 0 Å². The predicted molar refractivity (Wildman–Crippen MR) is 75.5 cm³/mol. The number of nitrogens with zero attached hydrogens (tertiary/aromatic N) is 2. The molecule has 0 radical (unpaired) electrons. The lowest BCUT2D eigenvalue weighted by Crippen LogP contribution is -2.14. The van der Waals surface area contributed by atoms with E-state index in [1.807, 2.05) is 25.1 Å². The molecule has 1 aromatic heterocycles. The van der Waals surface area contributed by atoms with Crippen molar-refractivity contribution >= 4 is 34.2 Å². The van der Waals surface area contributed by atoms with Gasteiger partial charge in [-0.15, -0.1) is 11.6 Å². The van der Waals surface area contributed by atoms with Crippen LogP contribution in [0.5, 0.6) is 0 Å². The van der Waals surface area contributed by atoms with Crippen LogP contribution in [0.15, 0.2) is 18.2 Å². The largest absolute Gasteiger partial charge is 0.380 e. The molecule has 0 aliphatic rings. The Morgan fingerprint density at radius 3 is 2.89 bits per heavy atom. The number of rotatable bonds is 5. The molecule has 2 rings (SSSR count). The van der Waals surface area contributed by atoms with Crippen molar-refractivity contribution in [2.45, 2.75) is 25.8 Å². The Balaban J connectivity index is 2.46. The van der Waals surface area contributed by atoms with Gasteiger partial charge in [-0.3, -0.25) is 0 Å². The summed E-state index contributed by atoms with van der Waals surface area (Å²) in [5.41, 5.74) is 1.92. The zero-order valence-corrected chi connectivity index (χ0v) is 12.0. The van der Waals surface area contributed by atoms with Gasteiger partial charge in [0.25, 0.3) is 0 Å². The highest BCUT2D eigenvalue weighted by molar-refractivity contribution is 6.31. The Labute approximate surface area is 117 Å². The monoisotopic (exact) mass is 286 g/mol. The first-order valence-electron chi connectivity index (χ1n) is 5.97. The van der Waals surface area contributed by atoms with Crippen LogP contribution >= 0.6 is 23.2 Å². The van der Waals surface area contributed by atoms with Crippen LogP contribution in [0.2, 0.25) is 5.02 Å². The lowest BCUT2D eigenvalue weighted by Gasteiger charge is -2.16. The summed E-state index contributed by atoms with van der Waals surface area (Å²) in [6, 6.07) is 5.90. The first-order chi connectivity index (χ1) is 8.67. The number of hydrogen-bond donors (Lipinski definition) is 0. The Bertz CT molecular complexity index is 539. The first-order valence-corrected chi connectivity index (χ1v) is 6.88. The molecule has 0 spiro atoms. The third kappa shape index (κ3) is 2.63. The van der Waals surface area contributed by atoms with Gasteiger partial charge in [-0.25, -0.2) is 4.98 Å². The molecule has 3 nitrogen and oxygen atoms in total. The SMILES string of the molecule is CCOCC(C)n1c(CCl)nc2cc(Cl)ccc21. The van der Waals surface area contributed by atoms with E-state index in [-0.39, 0.29) is 6.04 Å². The van der Waals surface area contributed by atoms with Crippen molar-refractivity contribution in [1.29, 1.82) is 0 Å². The fourth-order valence-corrected chi connectivity index (χ4v) is 2.43. The second-order valence-corrected chi connectivity index (χ2v) is 4.88. The van der Waals surface area contributed by atoms with Crippen LogP contribution in [0, 0.1) is 0 Å². The van der Waals surface area contributed by atoms with E-state index in [2.05, 4.69) is 16.5 Å². The molecular weight excluding hydrogens is 271 g/mol. The summed E-state index contributed by atoms with van der Waals surface area (Å²) in [7, 11) is 0. The van der Waals surface area contributed by atoms with Crippen molar-refractivity contribution in [2.75, 3.05) is 13.2 Å². The van der Waals surface area contributed by atoms with Gasteiger partial charge in [0.15, 0.2) is 0 Å². The molecule has 2 aromatic rings. The Morgan fingerprint density at radius 2 is 2.22 bits per heavy atom. The maximum atomic E-state index is 5.98. The van der Waals surface area contributed by atoms with Crippen LogP contribution in [0.3, 0.4) is 0 Å². The molecule has 1 unspecified atom stereocenters. The van der Waals surface area contributed by atoms with Crippen LogP contribution in [-0.4, -0.2) is 22.8 Å². The minimum absolute atomic E-state index is 0.199. The molecular formula is C13H16Cl2N2O. The highest BCUT2D eigenvalue weighted by Crippen LogP contribution is 2.25. The number of halogens is 2. The van der Waals surface area contributed by atoms with Gasteiger partial charge in [-0.2, -0.15) is 0 Å². The highest BCUT2D eigenvalue weighted by atomic mass is 35.5. The van der Waals surface area contributed by atoms with Gasteiger partial charge in [-0.1, -0.05) is 11.6 Å². The fourth-order valence-electron chi connectivity index (χ4n) is 2.07. The number of aromatic nitrogens is 2.